The molecule has 1 N–H and O–H groups in total. The minimum atomic E-state index is -4.40. The second-order valence-electron chi connectivity index (χ2n) is 5.05. The van der Waals surface area contributed by atoms with Gasteiger partial charge >= 0.3 is 5.51 Å². The number of hydrogen-bond acceptors (Lipinski definition) is 4. The van der Waals surface area contributed by atoms with Crippen LogP contribution in [-0.2, 0) is 4.79 Å². The molecule has 1 aromatic carbocycles. The summed E-state index contributed by atoms with van der Waals surface area (Å²) in [6.07, 6.45) is 0. The minimum Gasteiger partial charge on any atom is -0.497 e. The zero-order valence-corrected chi connectivity index (χ0v) is 14.8. The van der Waals surface area contributed by atoms with Crippen LogP contribution in [0.15, 0.2) is 24.3 Å². The number of carbonyl (C=O) groups excluding carboxylic acids is 1. The maximum Gasteiger partial charge on any atom is 0.442 e. The average Bonchev–Trinajstić information content (AvgIpc) is 2.56. The molecule has 0 bridgehead atoms. The van der Waals surface area contributed by atoms with Gasteiger partial charge in [0, 0.05) is 6.54 Å². The molecule has 1 aromatic rings. The molecule has 0 fully saturated rings. The fourth-order valence-corrected chi connectivity index (χ4v) is 2.78. The van der Waals surface area contributed by atoms with Gasteiger partial charge in [0.25, 0.3) is 0 Å². The summed E-state index contributed by atoms with van der Waals surface area (Å²) in [5, 5.41) is 2.60. The summed E-state index contributed by atoms with van der Waals surface area (Å²) in [6, 6.07) is 7.34. The lowest BCUT2D eigenvalue weighted by atomic mass is 10.0. The molecule has 0 aliphatic carbocycles. The van der Waals surface area contributed by atoms with Crippen molar-refractivity contribution in [3.8, 4) is 5.75 Å². The van der Waals surface area contributed by atoms with E-state index >= 15 is 0 Å². The van der Waals surface area contributed by atoms with Gasteiger partial charge in [-0.15, -0.1) is 0 Å². The van der Waals surface area contributed by atoms with E-state index in [2.05, 4.69) is 10.2 Å². The Morgan fingerprint density at radius 3 is 2.54 bits per heavy atom. The van der Waals surface area contributed by atoms with Crippen LogP contribution in [0, 0.1) is 0 Å². The van der Waals surface area contributed by atoms with Gasteiger partial charge in [0.2, 0.25) is 5.91 Å². The highest BCUT2D eigenvalue weighted by Gasteiger charge is 2.29. The number of hydrogen-bond donors (Lipinski definition) is 1. The molecule has 0 saturated carbocycles. The van der Waals surface area contributed by atoms with Gasteiger partial charge in [-0.1, -0.05) is 26.0 Å². The molecule has 4 nitrogen and oxygen atoms in total. The Morgan fingerprint density at radius 1 is 1.33 bits per heavy atom. The zero-order chi connectivity index (χ0) is 18.2. The molecule has 0 heterocycles. The van der Waals surface area contributed by atoms with E-state index < -0.39 is 17.2 Å². The van der Waals surface area contributed by atoms with Gasteiger partial charge in [-0.05, 0) is 42.5 Å². The first-order valence-electron chi connectivity index (χ1n) is 7.66. The lowest BCUT2D eigenvalue weighted by Gasteiger charge is -2.30. The van der Waals surface area contributed by atoms with E-state index in [-0.39, 0.29) is 24.3 Å². The van der Waals surface area contributed by atoms with Crippen LogP contribution in [0.2, 0.25) is 0 Å². The number of nitrogens with one attached hydrogen (secondary N) is 1. The summed E-state index contributed by atoms with van der Waals surface area (Å²) in [7, 11) is 1.57. The molecule has 1 unspecified atom stereocenters. The maximum atomic E-state index is 12.2. The third kappa shape index (κ3) is 7.00. The Morgan fingerprint density at radius 2 is 2.00 bits per heavy atom. The molecule has 0 spiro atoms. The van der Waals surface area contributed by atoms with Gasteiger partial charge < -0.3 is 10.1 Å². The summed E-state index contributed by atoms with van der Waals surface area (Å²) in [6.45, 7) is 5.75. The number of halogens is 3. The van der Waals surface area contributed by atoms with Crippen molar-refractivity contribution in [2.75, 3.05) is 32.5 Å². The molecule has 8 heteroatoms. The predicted molar refractivity (Wildman–Crippen MR) is 90.2 cm³/mol. The normalized spacial score (nSPS) is 13.0. The van der Waals surface area contributed by atoms with Crippen molar-refractivity contribution in [1.29, 1.82) is 0 Å². The molecule has 0 aromatic heterocycles. The summed E-state index contributed by atoms with van der Waals surface area (Å²) in [5.41, 5.74) is -3.45. The zero-order valence-electron chi connectivity index (χ0n) is 14.0. The van der Waals surface area contributed by atoms with Gasteiger partial charge in [0.1, 0.15) is 5.75 Å². The van der Waals surface area contributed by atoms with Crippen LogP contribution in [0.3, 0.4) is 0 Å². The van der Waals surface area contributed by atoms with E-state index in [1.54, 1.807) is 7.11 Å². The standard InChI is InChI=1S/C16H23F3N2O2S/c1-4-21(5-2)14(12-7-6-8-13(9-12)23-3)10-20-15(22)11-24-16(17,18)19/h6-9,14H,4-5,10-11H2,1-3H3,(H,20,22). The minimum absolute atomic E-state index is 0.130. The van der Waals surface area contributed by atoms with E-state index in [1.807, 2.05) is 38.1 Å². The predicted octanol–water partition coefficient (Wildman–Crippen LogP) is 3.45. The average molecular weight is 364 g/mol. The van der Waals surface area contributed by atoms with E-state index in [0.717, 1.165) is 18.7 Å². The maximum absolute atomic E-state index is 12.2. The van der Waals surface area contributed by atoms with Gasteiger partial charge in [0.15, 0.2) is 0 Å². The first kappa shape index (κ1) is 20.6. The Balaban J connectivity index is 2.78. The molecule has 1 rings (SSSR count). The monoisotopic (exact) mass is 364 g/mol. The fourth-order valence-electron chi connectivity index (χ4n) is 2.38. The SMILES string of the molecule is CCN(CC)C(CNC(=O)CSC(F)(F)F)c1cccc(OC)c1. The number of ether oxygens (including phenoxy) is 1. The molecule has 0 saturated heterocycles. The number of carbonyl (C=O) groups is 1. The summed E-state index contributed by atoms with van der Waals surface area (Å²) in [5.74, 6) is -0.562. The van der Waals surface area contributed by atoms with Crippen LogP contribution >= 0.6 is 11.8 Å². The number of benzene rings is 1. The van der Waals surface area contributed by atoms with E-state index in [0.29, 0.717) is 5.75 Å². The van der Waals surface area contributed by atoms with Crippen molar-refractivity contribution >= 4 is 17.7 Å². The molecule has 24 heavy (non-hydrogen) atoms. The highest BCUT2D eigenvalue weighted by atomic mass is 32.2. The molecular weight excluding hydrogens is 341 g/mol. The molecule has 0 aliphatic rings. The molecule has 136 valence electrons. The molecule has 0 radical (unpaired) electrons. The highest BCUT2D eigenvalue weighted by Crippen LogP contribution is 2.29. The number of rotatable bonds is 9. The quantitative estimate of drug-likeness (QED) is 0.729. The Labute approximate surface area is 144 Å². The molecular formula is C16H23F3N2O2S. The summed E-state index contributed by atoms with van der Waals surface area (Å²) >= 11 is -0.331. The number of methoxy groups -OCH3 is 1. The van der Waals surface area contributed by atoms with Crippen LogP contribution in [0.1, 0.15) is 25.5 Å². The lowest BCUT2D eigenvalue weighted by molar-refractivity contribution is -0.119. The smallest absolute Gasteiger partial charge is 0.442 e. The Hall–Kier alpha value is -1.41. The van der Waals surface area contributed by atoms with Crippen LogP contribution in [0.4, 0.5) is 13.2 Å². The van der Waals surface area contributed by atoms with Crippen molar-refractivity contribution in [3.63, 3.8) is 0 Å². The first-order valence-corrected chi connectivity index (χ1v) is 8.64. The van der Waals surface area contributed by atoms with Gasteiger partial charge in [-0.2, -0.15) is 13.2 Å². The molecule has 1 amide bonds. The van der Waals surface area contributed by atoms with Crippen LogP contribution in [0.25, 0.3) is 0 Å². The fraction of sp³-hybridized carbons (Fsp3) is 0.562. The van der Waals surface area contributed by atoms with Crippen LogP contribution in [-0.4, -0.2) is 48.8 Å². The second kappa shape index (κ2) is 9.78. The van der Waals surface area contributed by atoms with Crippen molar-refractivity contribution in [2.45, 2.75) is 25.4 Å². The number of thioether (sulfide) groups is 1. The molecule has 1 atom stereocenters. The highest BCUT2D eigenvalue weighted by molar-refractivity contribution is 8.00. The molecule has 0 aliphatic heterocycles. The Bertz CT molecular complexity index is 522. The van der Waals surface area contributed by atoms with Crippen molar-refractivity contribution in [1.82, 2.24) is 10.2 Å². The van der Waals surface area contributed by atoms with Crippen LogP contribution < -0.4 is 10.1 Å². The van der Waals surface area contributed by atoms with Crippen molar-refractivity contribution in [3.05, 3.63) is 29.8 Å². The third-order valence-electron chi connectivity index (χ3n) is 3.59. The van der Waals surface area contributed by atoms with Crippen LogP contribution in [0.5, 0.6) is 5.75 Å². The number of likely N-dealkylation sites (N-methyl/N-ethyl adjacent to an activating group) is 1. The lowest BCUT2D eigenvalue weighted by Crippen LogP contribution is -2.38. The second-order valence-corrected chi connectivity index (χ2v) is 6.09. The first-order chi connectivity index (χ1) is 11.3. The van der Waals surface area contributed by atoms with E-state index in [9.17, 15) is 18.0 Å². The van der Waals surface area contributed by atoms with Gasteiger partial charge in [0.05, 0.1) is 18.9 Å². The van der Waals surface area contributed by atoms with Crippen molar-refractivity contribution in [2.24, 2.45) is 0 Å². The number of alkyl halides is 3. The largest absolute Gasteiger partial charge is 0.497 e. The summed E-state index contributed by atoms with van der Waals surface area (Å²) < 4.78 is 41.7. The third-order valence-corrected chi connectivity index (χ3v) is 4.33. The Kier molecular flexibility index (Phi) is 8.41. The van der Waals surface area contributed by atoms with Gasteiger partial charge in [-0.25, -0.2) is 0 Å². The van der Waals surface area contributed by atoms with Gasteiger partial charge in [-0.3, -0.25) is 9.69 Å². The summed E-state index contributed by atoms with van der Waals surface area (Å²) in [4.78, 5) is 13.8. The number of nitrogens with zero attached hydrogens (tertiary/aromatic N) is 1. The van der Waals surface area contributed by atoms with Crippen molar-refractivity contribution < 1.29 is 22.7 Å². The van der Waals surface area contributed by atoms with E-state index in [4.69, 9.17) is 4.74 Å². The topological polar surface area (TPSA) is 41.6 Å². The van der Waals surface area contributed by atoms with E-state index in [1.165, 1.54) is 0 Å². The number of amides is 1.